The van der Waals surface area contributed by atoms with Crippen LogP contribution in [0.4, 0.5) is 22.0 Å². The molecule has 3 aromatic carbocycles. The molecule has 0 aliphatic heterocycles. The molecule has 0 radical (unpaired) electrons. The quantitative estimate of drug-likeness (QED) is 0.278. The van der Waals surface area contributed by atoms with Crippen LogP contribution in [0.25, 0.3) is 33.6 Å². The zero-order valence-corrected chi connectivity index (χ0v) is 12.7. The molecule has 0 amide bonds. The lowest BCUT2D eigenvalue weighted by molar-refractivity contribution is 0.379. The Labute approximate surface area is 142 Å². The fourth-order valence-corrected chi connectivity index (χ4v) is 2.65. The Morgan fingerprint density at radius 1 is 0.692 bits per heavy atom. The van der Waals surface area contributed by atoms with Gasteiger partial charge in [-0.1, -0.05) is 41.6 Å². The van der Waals surface area contributed by atoms with Crippen molar-refractivity contribution in [3.05, 3.63) is 71.6 Å². The lowest BCUT2D eigenvalue weighted by Gasteiger charge is -2.04. The Balaban J connectivity index is 1.90. The van der Waals surface area contributed by atoms with Crippen molar-refractivity contribution in [3.63, 3.8) is 0 Å². The van der Waals surface area contributed by atoms with Crippen LogP contribution in [0.15, 0.2) is 47.0 Å². The first-order valence-electron chi connectivity index (χ1n) is 7.32. The van der Waals surface area contributed by atoms with Gasteiger partial charge in [-0.3, -0.25) is 0 Å². The molecule has 0 saturated carbocycles. The first-order valence-corrected chi connectivity index (χ1v) is 7.32. The minimum absolute atomic E-state index is 0.110. The van der Waals surface area contributed by atoms with E-state index in [4.69, 9.17) is 4.52 Å². The molecular formula is C18H7F5N2O. The number of rotatable bonds is 2. The molecule has 8 heteroatoms. The number of benzene rings is 3. The van der Waals surface area contributed by atoms with Gasteiger partial charge < -0.3 is 4.52 Å². The summed E-state index contributed by atoms with van der Waals surface area (Å²) in [5.41, 5.74) is -0.776. The number of nitrogens with zero attached hydrogens (tertiary/aromatic N) is 2. The van der Waals surface area contributed by atoms with Gasteiger partial charge in [-0.15, -0.1) is 0 Å². The third-order valence-electron chi connectivity index (χ3n) is 3.88. The molecule has 0 fully saturated rings. The molecule has 0 aliphatic carbocycles. The zero-order valence-electron chi connectivity index (χ0n) is 12.7. The average molecular weight is 362 g/mol. The van der Waals surface area contributed by atoms with E-state index in [1.807, 2.05) is 18.2 Å². The van der Waals surface area contributed by atoms with E-state index in [0.717, 1.165) is 10.8 Å². The fraction of sp³-hybridized carbons (Fsp3) is 0. The third-order valence-corrected chi connectivity index (χ3v) is 3.88. The van der Waals surface area contributed by atoms with Crippen LogP contribution in [0, 0.1) is 29.1 Å². The standard InChI is InChI=1S/C18H7F5N2O/c19-12-11(13(20)15(22)16(23)14(12)21)17-24-18(26-25-17)10-7-3-5-8-4-1-2-6-9(8)10/h1-7H. The molecule has 1 aromatic heterocycles. The van der Waals surface area contributed by atoms with E-state index in [0.29, 0.717) is 5.56 Å². The van der Waals surface area contributed by atoms with Crippen LogP contribution in [-0.4, -0.2) is 10.1 Å². The van der Waals surface area contributed by atoms with Crippen LogP contribution in [0.5, 0.6) is 0 Å². The van der Waals surface area contributed by atoms with E-state index < -0.39 is 40.5 Å². The lowest BCUT2D eigenvalue weighted by atomic mass is 10.0. The smallest absolute Gasteiger partial charge is 0.258 e. The Morgan fingerprint density at radius 2 is 1.31 bits per heavy atom. The van der Waals surface area contributed by atoms with Crippen molar-refractivity contribution >= 4 is 10.8 Å². The van der Waals surface area contributed by atoms with Crippen LogP contribution >= 0.6 is 0 Å². The molecule has 0 bridgehead atoms. The molecule has 0 unspecified atom stereocenters. The van der Waals surface area contributed by atoms with Crippen molar-refractivity contribution < 1.29 is 26.5 Å². The number of halogens is 5. The largest absolute Gasteiger partial charge is 0.334 e. The summed E-state index contributed by atoms with van der Waals surface area (Å²) in [6.45, 7) is 0. The van der Waals surface area contributed by atoms with Gasteiger partial charge in [0.05, 0.1) is 0 Å². The van der Waals surface area contributed by atoms with E-state index in [-0.39, 0.29) is 5.89 Å². The first kappa shape index (κ1) is 16.2. The number of hydrogen-bond donors (Lipinski definition) is 0. The second-order valence-electron chi connectivity index (χ2n) is 5.39. The second-order valence-corrected chi connectivity index (χ2v) is 5.39. The average Bonchev–Trinajstić information content (AvgIpc) is 3.14. The van der Waals surface area contributed by atoms with Gasteiger partial charge in [0, 0.05) is 5.56 Å². The van der Waals surface area contributed by atoms with Gasteiger partial charge >= 0.3 is 0 Å². The van der Waals surface area contributed by atoms with E-state index in [2.05, 4.69) is 10.1 Å². The third kappa shape index (κ3) is 2.33. The van der Waals surface area contributed by atoms with Gasteiger partial charge in [0.15, 0.2) is 23.3 Å². The number of fused-ring (bicyclic) bond motifs is 1. The Morgan fingerprint density at radius 3 is 2.04 bits per heavy atom. The Hall–Kier alpha value is -3.29. The van der Waals surface area contributed by atoms with E-state index in [1.54, 1.807) is 24.3 Å². The maximum atomic E-state index is 13.9. The number of hydrogen-bond acceptors (Lipinski definition) is 3. The van der Waals surface area contributed by atoms with E-state index in [1.165, 1.54) is 0 Å². The van der Waals surface area contributed by atoms with Crippen molar-refractivity contribution in [1.29, 1.82) is 0 Å². The normalized spacial score (nSPS) is 11.3. The summed E-state index contributed by atoms with van der Waals surface area (Å²) in [7, 11) is 0. The monoisotopic (exact) mass is 362 g/mol. The molecule has 0 N–H and O–H groups in total. The molecule has 26 heavy (non-hydrogen) atoms. The molecule has 0 aliphatic rings. The van der Waals surface area contributed by atoms with Crippen molar-refractivity contribution in [2.75, 3.05) is 0 Å². The van der Waals surface area contributed by atoms with E-state index in [9.17, 15) is 22.0 Å². The van der Waals surface area contributed by atoms with Crippen LogP contribution in [0.2, 0.25) is 0 Å². The molecule has 130 valence electrons. The fourth-order valence-electron chi connectivity index (χ4n) is 2.65. The Kier molecular flexibility index (Phi) is 3.68. The predicted octanol–water partition coefficient (Wildman–Crippen LogP) is 5.25. The van der Waals surface area contributed by atoms with Crippen LogP contribution < -0.4 is 0 Å². The second kappa shape index (κ2) is 5.91. The van der Waals surface area contributed by atoms with Gasteiger partial charge in [0.25, 0.3) is 5.89 Å². The predicted molar refractivity (Wildman–Crippen MR) is 82.5 cm³/mol. The molecule has 3 nitrogen and oxygen atoms in total. The summed E-state index contributed by atoms with van der Waals surface area (Å²) in [6, 6.07) is 12.4. The minimum Gasteiger partial charge on any atom is -0.334 e. The summed E-state index contributed by atoms with van der Waals surface area (Å²) in [5, 5.41) is 4.95. The van der Waals surface area contributed by atoms with Crippen molar-refractivity contribution in [1.82, 2.24) is 10.1 Å². The van der Waals surface area contributed by atoms with Gasteiger partial charge in [-0.05, 0) is 16.8 Å². The van der Waals surface area contributed by atoms with Crippen LogP contribution in [-0.2, 0) is 0 Å². The molecule has 4 aromatic rings. The van der Waals surface area contributed by atoms with Gasteiger partial charge in [0.1, 0.15) is 5.56 Å². The first-order chi connectivity index (χ1) is 12.5. The van der Waals surface area contributed by atoms with Gasteiger partial charge in [-0.25, -0.2) is 22.0 Å². The lowest BCUT2D eigenvalue weighted by Crippen LogP contribution is -2.04. The highest BCUT2D eigenvalue weighted by Gasteiger charge is 2.29. The van der Waals surface area contributed by atoms with Crippen molar-refractivity contribution in [2.45, 2.75) is 0 Å². The highest BCUT2D eigenvalue weighted by Crippen LogP contribution is 2.33. The maximum absolute atomic E-state index is 13.9. The molecule has 0 atom stereocenters. The summed E-state index contributed by atoms with van der Waals surface area (Å²) in [6.07, 6.45) is 0. The highest BCUT2D eigenvalue weighted by molar-refractivity contribution is 5.94. The molecular weight excluding hydrogens is 355 g/mol. The van der Waals surface area contributed by atoms with Crippen LogP contribution in [0.1, 0.15) is 0 Å². The van der Waals surface area contributed by atoms with E-state index >= 15 is 0 Å². The van der Waals surface area contributed by atoms with Crippen molar-refractivity contribution in [2.24, 2.45) is 0 Å². The summed E-state index contributed by atoms with van der Waals surface area (Å²) in [4.78, 5) is 3.82. The summed E-state index contributed by atoms with van der Waals surface area (Å²) in [5.74, 6) is -11.3. The minimum atomic E-state index is -2.25. The molecule has 1 heterocycles. The van der Waals surface area contributed by atoms with Crippen molar-refractivity contribution in [3.8, 4) is 22.8 Å². The molecule has 4 rings (SSSR count). The highest BCUT2D eigenvalue weighted by atomic mass is 19.2. The van der Waals surface area contributed by atoms with Gasteiger partial charge in [-0.2, -0.15) is 4.98 Å². The number of aromatic nitrogens is 2. The molecule has 0 spiro atoms. The van der Waals surface area contributed by atoms with Crippen LogP contribution in [0.3, 0.4) is 0 Å². The SMILES string of the molecule is Fc1c(F)c(F)c(-c2noc(-c3cccc4ccccc34)n2)c(F)c1F. The topological polar surface area (TPSA) is 38.9 Å². The Bertz CT molecular complexity index is 1120. The summed E-state index contributed by atoms with van der Waals surface area (Å²) >= 11 is 0. The summed E-state index contributed by atoms with van der Waals surface area (Å²) < 4.78 is 72.7. The van der Waals surface area contributed by atoms with Gasteiger partial charge in [0.2, 0.25) is 11.6 Å². The molecule has 0 saturated heterocycles. The maximum Gasteiger partial charge on any atom is 0.258 e. The zero-order chi connectivity index (χ0) is 18.4.